The van der Waals surface area contributed by atoms with Crippen LogP contribution in [0.15, 0.2) is 23.4 Å². The van der Waals surface area contributed by atoms with Crippen molar-refractivity contribution >= 4 is 21.6 Å². The highest BCUT2D eigenvalue weighted by atomic mass is 35.5. The summed E-state index contributed by atoms with van der Waals surface area (Å²) >= 11 is 5.86. The first-order valence-corrected chi connectivity index (χ1v) is 7.35. The Bertz CT molecular complexity index is 491. The number of aromatic nitrogens is 1. The van der Waals surface area contributed by atoms with Crippen LogP contribution >= 0.6 is 11.6 Å². The zero-order chi connectivity index (χ0) is 13.8. The smallest absolute Gasteiger partial charge is 0.243 e. The van der Waals surface area contributed by atoms with Crippen molar-refractivity contribution in [3.8, 4) is 0 Å². The molecule has 0 saturated heterocycles. The summed E-state index contributed by atoms with van der Waals surface area (Å²) in [5.74, 6) is 0.107. The van der Waals surface area contributed by atoms with Gasteiger partial charge in [-0.1, -0.05) is 25.4 Å². The quantitative estimate of drug-likeness (QED) is 0.866. The average Bonchev–Trinajstić information content (AvgIpc) is 2.28. The molecule has 7 heteroatoms. The van der Waals surface area contributed by atoms with Crippen LogP contribution in [0.2, 0.25) is 5.02 Å². The maximum atomic E-state index is 12.2. The van der Waals surface area contributed by atoms with Crippen LogP contribution in [-0.2, 0) is 14.8 Å². The van der Waals surface area contributed by atoms with Gasteiger partial charge in [0.1, 0.15) is 4.90 Å². The van der Waals surface area contributed by atoms with E-state index in [1.54, 1.807) is 0 Å². The van der Waals surface area contributed by atoms with Crippen molar-refractivity contribution < 1.29 is 13.2 Å². The number of methoxy groups -OCH3 is 1. The maximum Gasteiger partial charge on any atom is 0.243 e. The molecule has 0 bridgehead atoms. The second-order valence-corrected chi connectivity index (χ2v) is 6.32. The second-order valence-electron chi connectivity index (χ2n) is 4.23. The summed E-state index contributed by atoms with van der Waals surface area (Å²) in [6.07, 6.45) is 2.67. The van der Waals surface area contributed by atoms with E-state index in [9.17, 15) is 8.42 Å². The minimum atomic E-state index is -3.68. The highest BCUT2D eigenvalue weighted by Gasteiger charge is 2.24. The lowest BCUT2D eigenvalue weighted by Crippen LogP contribution is -2.41. The lowest BCUT2D eigenvalue weighted by Gasteiger charge is -2.21. The van der Waals surface area contributed by atoms with Gasteiger partial charge in [-0.05, 0) is 12.0 Å². The zero-order valence-electron chi connectivity index (χ0n) is 10.6. The van der Waals surface area contributed by atoms with Crippen LogP contribution in [0.1, 0.15) is 13.8 Å². The highest BCUT2D eigenvalue weighted by molar-refractivity contribution is 7.89. The number of nitrogens with one attached hydrogen (secondary N) is 1. The van der Waals surface area contributed by atoms with Crippen LogP contribution in [0.25, 0.3) is 0 Å². The Morgan fingerprint density at radius 1 is 1.50 bits per heavy atom. The summed E-state index contributed by atoms with van der Waals surface area (Å²) in [6.45, 7) is 4.13. The van der Waals surface area contributed by atoms with Crippen molar-refractivity contribution in [2.75, 3.05) is 13.7 Å². The van der Waals surface area contributed by atoms with Crippen LogP contribution in [0.4, 0.5) is 0 Å². The van der Waals surface area contributed by atoms with Gasteiger partial charge in [-0.3, -0.25) is 4.98 Å². The van der Waals surface area contributed by atoms with E-state index in [0.717, 1.165) is 0 Å². The molecule has 1 rings (SSSR count). The summed E-state index contributed by atoms with van der Waals surface area (Å²) in [6, 6.07) is 1.13. The first-order chi connectivity index (χ1) is 8.38. The van der Waals surface area contributed by atoms with Crippen LogP contribution in [0.3, 0.4) is 0 Å². The third-order valence-corrected chi connectivity index (χ3v) is 4.44. The summed E-state index contributed by atoms with van der Waals surface area (Å²) in [4.78, 5) is 3.76. The number of pyridine rings is 1. The Morgan fingerprint density at radius 2 is 2.17 bits per heavy atom. The third kappa shape index (κ3) is 3.91. The number of ether oxygens (including phenoxy) is 1. The Balaban J connectivity index is 2.97. The Labute approximate surface area is 113 Å². The molecule has 1 atom stereocenters. The molecule has 0 radical (unpaired) electrons. The molecule has 0 aliphatic rings. The van der Waals surface area contributed by atoms with Crippen LogP contribution in [0.5, 0.6) is 0 Å². The molecular formula is C11H17ClN2O3S. The van der Waals surface area contributed by atoms with E-state index in [2.05, 4.69) is 9.71 Å². The Morgan fingerprint density at radius 3 is 2.67 bits per heavy atom. The first-order valence-electron chi connectivity index (χ1n) is 5.49. The van der Waals surface area contributed by atoms with Gasteiger partial charge in [-0.25, -0.2) is 13.1 Å². The fourth-order valence-electron chi connectivity index (χ4n) is 1.37. The molecule has 1 N–H and O–H groups in total. The predicted molar refractivity (Wildman–Crippen MR) is 70.1 cm³/mol. The summed E-state index contributed by atoms with van der Waals surface area (Å²) < 4.78 is 31.9. The molecule has 102 valence electrons. The molecule has 5 nitrogen and oxygen atoms in total. The van der Waals surface area contributed by atoms with Crippen molar-refractivity contribution in [3.05, 3.63) is 23.5 Å². The fourth-order valence-corrected chi connectivity index (χ4v) is 3.17. The molecule has 18 heavy (non-hydrogen) atoms. The molecule has 0 aliphatic heterocycles. The van der Waals surface area contributed by atoms with Crippen LogP contribution < -0.4 is 4.72 Å². The van der Waals surface area contributed by atoms with Crippen molar-refractivity contribution in [2.45, 2.75) is 24.8 Å². The van der Waals surface area contributed by atoms with Crippen molar-refractivity contribution in [1.82, 2.24) is 9.71 Å². The third-order valence-electron chi connectivity index (χ3n) is 2.48. The average molecular weight is 293 g/mol. The molecule has 1 aromatic rings. The van der Waals surface area contributed by atoms with E-state index in [4.69, 9.17) is 16.3 Å². The summed E-state index contributed by atoms with van der Waals surface area (Å²) in [7, 11) is -2.15. The Hall–Kier alpha value is -0.690. The van der Waals surface area contributed by atoms with Crippen molar-refractivity contribution in [1.29, 1.82) is 0 Å². The van der Waals surface area contributed by atoms with Gasteiger partial charge >= 0.3 is 0 Å². The lowest BCUT2D eigenvalue weighted by atomic mass is 10.1. The summed E-state index contributed by atoms with van der Waals surface area (Å²) in [5, 5.41) is 0.150. The second kappa shape index (κ2) is 6.47. The normalized spacial score (nSPS) is 13.8. The predicted octanol–water partition coefficient (Wildman–Crippen LogP) is 1.68. The van der Waals surface area contributed by atoms with E-state index >= 15 is 0 Å². The first kappa shape index (κ1) is 15.4. The number of hydrogen-bond donors (Lipinski definition) is 1. The highest BCUT2D eigenvalue weighted by Crippen LogP contribution is 2.20. The van der Waals surface area contributed by atoms with Gasteiger partial charge in [0.15, 0.2) is 0 Å². The molecule has 0 aliphatic carbocycles. The number of hydrogen-bond acceptors (Lipinski definition) is 4. The minimum absolute atomic E-state index is 0.0200. The molecule has 0 saturated carbocycles. The molecular weight excluding hydrogens is 276 g/mol. The number of sulfonamides is 1. The van der Waals surface area contributed by atoms with Gasteiger partial charge in [0, 0.05) is 25.5 Å². The number of rotatable bonds is 6. The number of halogens is 1. The van der Waals surface area contributed by atoms with E-state index in [-0.39, 0.29) is 21.9 Å². The summed E-state index contributed by atoms with van der Waals surface area (Å²) in [5.41, 5.74) is 0. The van der Waals surface area contributed by atoms with Crippen LogP contribution in [0, 0.1) is 5.92 Å². The van der Waals surface area contributed by atoms with Gasteiger partial charge in [0.05, 0.1) is 11.6 Å². The maximum absolute atomic E-state index is 12.2. The molecule has 0 amide bonds. The van der Waals surface area contributed by atoms with Gasteiger partial charge in [-0.15, -0.1) is 0 Å². The standard InChI is InChI=1S/C11H17ClN2O3S/c1-8(2)10(7-17-3)14-18(15,16)11-6-13-5-4-9(11)12/h4-6,8,10,14H,7H2,1-3H3. The van der Waals surface area contributed by atoms with Gasteiger partial charge in [0.25, 0.3) is 0 Å². The number of nitrogens with zero attached hydrogens (tertiary/aromatic N) is 1. The molecule has 1 unspecified atom stereocenters. The van der Waals surface area contributed by atoms with Gasteiger partial charge in [0.2, 0.25) is 10.0 Å². The fraction of sp³-hybridized carbons (Fsp3) is 0.545. The van der Waals surface area contributed by atoms with Crippen molar-refractivity contribution in [2.24, 2.45) is 5.92 Å². The monoisotopic (exact) mass is 292 g/mol. The van der Waals surface area contributed by atoms with E-state index < -0.39 is 10.0 Å². The SMILES string of the molecule is COCC(NS(=O)(=O)c1cnccc1Cl)C(C)C. The van der Waals surface area contributed by atoms with E-state index in [1.807, 2.05) is 13.8 Å². The van der Waals surface area contributed by atoms with Crippen LogP contribution in [-0.4, -0.2) is 33.2 Å². The largest absolute Gasteiger partial charge is 0.383 e. The lowest BCUT2D eigenvalue weighted by molar-refractivity contribution is 0.157. The van der Waals surface area contributed by atoms with E-state index in [0.29, 0.717) is 6.61 Å². The van der Waals surface area contributed by atoms with Gasteiger partial charge in [-0.2, -0.15) is 0 Å². The molecule has 1 aromatic heterocycles. The van der Waals surface area contributed by atoms with Crippen molar-refractivity contribution in [3.63, 3.8) is 0 Å². The Kier molecular flexibility index (Phi) is 5.52. The minimum Gasteiger partial charge on any atom is -0.383 e. The molecule has 0 aromatic carbocycles. The van der Waals surface area contributed by atoms with E-state index in [1.165, 1.54) is 25.6 Å². The molecule has 0 spiro atoms. The zero-order valence-corrected chi connectivity index (χ0v) is 12.1. The van der Waals surface area contributed by atoms with Gasteiger partial charge < -0.3 is 4.74 Å². The topological polar surface area (TPSA) is 68.3 Å². The molecule has 0 fully saturated rings. The molecule has 1 heterocycles.